The van der Waals surface area contributed by atoms with Crippen LogP contribution in [0.5, 0.6) is 23.1 Å². The quantitative estimate of drug-likeness (QED) is 0.400. The fourth-order valence-electron chi connectivity index (χ4n) is 3.43. The fourth-order valence-corrected chi connectivity index (χ4v) is 5.19. The Morgan fingerprint density at radius 1 is 1.15 bits per heavy atom. The van der Waals surface area contributed by atoms with Crippen molar-refractivity contribution in [1.82, 2.24) is 9.88 Å². The lowest BCUT2D eigenvalue weighted by atomic mass is 10.3. The van der Waals surface area contributed by atoms with Crippen molar-refractivity contribution in [1.29, 1.82) is 0 Å². The first-order valence-electron chi connectivity index (χ1n) is 10.4. The molecule has 34 heavy (non-hydrogen) atoms. The van der Waals surface area contributed by atoms with E-state index in [0.717, 1.165) is 19.5 Å². The molecule has 1 aromatic heterocycles. The van der Waals surface area contributed by atoms with Crippen molar-refractivity contribution in [3.63, 3.8) is 0 Å². The summed E-state index contributed by atoms with van der Waals surface area (Å²) in [4.78, 5) is 6.29. The standard InChI is InChI=1S/C23H23BrClN3O5S/c1-28-10-9-18(14-28)32-22-11-15(3-8-21(22)25)27-34(29,30)19-12-20(24)23(26-13-19)33-17-6-4-16(31-2)5-7-17/h3-8,11-13,18,27H,9-10,14H2,1-2H3/t18-/m1/s1. The van der Waals surface area contributed by atoms with Crippen LogP contribution < -0.4 is 18.9 Å². The van der Waals surface area contributed by atoms with Gasteiger partial charge in [-0.15, -0.1) is 0 Å². The van der Waals surface area contributed by atoms with Gasteiger partial charge in [0.15, 0.2) is 0 Å². The van der Waals surface area contributed by atoms with Gasteiger partial charge in [0.1, 0.15) is 28.2 Å². The number of halogens is 2. The van der Waals surface area contributed by atoms with Crippen LogP contribution in [0, 0.1) is 0 Å². The Balaban J connectivity index is 1.48. The van der Waals surface area contributed by atoms with Crippen LogP contribution in [-0.4, -0.2) is 51.7 Å². The Morgan fingerprint density at radius 2 is 1.88 bits per heavy atom. The number of aromatic nitrogens is 1. The fraction of sp³-hybridized carbons (Fsp3) is 0.261. The summed E-state index contributed by atoms with van der Waals surface area (Å²) in [7, 11) is -0.322. The van der Waals surface area contributed by atoms with Crippen molar-refractivity contribution in [3.8, 4) is 23.1 Å². The van der Waals surface area contributed by atoms with E-state index < -0.39 is 10.0 Å². The van der Waals surface area contributed by atoms with Gasteiger partial charge in [-0.25, -0.2) is 13.4 Å². The molecule has 0 amide bonds. The van der Waals surface area contributed by atoms with E-state index in [2.05, 4.69) is 30.5 Å². The number of methoxy groups -OCH3 is 1. The number of hydrogen-bond donors (Lipinski definition) is 1. The van der Waals surface area contributed by atoms with E-state index >= 15 is 0 Å². The zero-order chi connectivity index (χ0) is 24.3. The maximum Gasteiger partial charge on any atom is 0.263 e. The zero-order valence-corrected chi connectivity index (χ0v) is 21.7. The second-order valence-electron chi connectivity index (χ2n) is 7.78. The number of rotatable bonds is 8. The summed E-state index contributed by atoms with van der Waals surface area (Å²) in [6.45, 7) is 1.73. The van der Waals surface area contributed by atoms with Crippen LogP contribution in [0.3, 0.4) is 0 Å². The third-order valence-corrected chi connectivity index (χ3v) is 7.42. The summed E-state index contributed by atoms with van der Waals surface area (Å²) in [5, 5.41) is 0.418. The van der Waals surface area contributed by atoms with E-state index in [4.69, 9.17) is 25.8 Å². The van der Waals surface area contributed by atoms with E-state index in [1.165, 1.54) is 12.3 Å². The minimum atomic E-state index is -3.92. The molecule has 1 saturated heterocycles. The largest absolute Gasteiger partial charge is 0.497 e. The third kappa shape index (κ3) is 5.93. The molecule has 0 saturated carbocycles. The number of nitrogens with one attached hydrogen (secondary N) is 1. The Labute approximate surface area is 212 Å². The SMILES string of the molecule is COc1ccc(Oc2ncc(S(=O)(=O)Nc3ccc(Cl)c(O[C@@H]4CCN(C)C4)c3)cc2Br)cc1. The van der Waals surface area contributed by atoms with Gasteiger partial charge in [0.25, 0.3) is 10.0 Å². The first kappa shape index (κ1) is 24.6. The first-order chi connectivity index (χ1) is 16.2. The summed E-state index contributed by atoms with van der Waals surface area (Å²) in [6.07, 6.45) is 2.12. The van der Waals surface area contributed by atoms with Crippen molar-refractivity contribution < 1.29 is 22.6 Å². The molecule has 1 aliphatic rings. The number of ether oxygens (including phenoxy) is 3. The highest BCUT2D eigenvalue weighted by molar-refractivity contribution is 9.10. The van der Waals surface area contributed by atoms with Gasteiger partial charge in [0.05, 0.1) is 28.5 Å². The lowest BCUT2D eigenvalue weighted by Gasteiger charge is -2.16. The Kier molecular flexibility index (Phi) is 7.51. The van der Waals surface area contributed by atoms with Gasteiger partial charge < -0.3 is 19.1 Å². The highest BCUT2D eigenvalue weighted by Gasteiger charge is 2.23. The van der Waals surface area contributed by atoms with E-state index in [1.54, 1.807) is 49.6 Å². The number of nitrogens with zero attached hydrogens (tertiary/aromatic N) is 2. The van der Waals surface area contributed by atoms with Crippen molar-refractivity contribution in [2.24, 2.45) is 0 Å². The molecule has 8 nitrogen and oxygen atoms in total. The molecule has 1 fully saturated rings. The number of benzene rings is 2. The Hall–Kier alpha value is -2.53. The number of likely N-dealkylation sites (N-methyl/N-ethyl adjacent to an activating group) is 1. The molecule has 2 aromatic carbocycles. The molecule has 11 heteroatoms. The highest BCUT2D eigenvalue weighted by atomic mass is 79.9. The average molecular weight is 569 g/mol. The lowest BCUT2D eigenvalue weighted by molar-refractivity contribution is 0.208. The number of anilines is 1. The number of sulfonamides is 1. The lowest BCUT2D eigenvalue weighted by Crippen LogP contribution is -2.21. The van der Waals surface area contributed by atoms with Crippen molar-refractivity contribution >= 4 is 43.2 Å². The van der Waals surface area contributed by atoms with Gasteiger partial charge in [0.2, 0.25) is 5.88 Å². The third-order valence-electron chi connectivity index (χ3n) is 5.19. The predicted octanol–water partition coefficient (Wildman–Crippen LogP) is 5.18. The molecule has 0 unspecified atom stereocenters. The average Bonchev–Trinajstić information content (AvgIpc) is 3.22. The summed E-state index contributed by atoms with van der Waals surface area (Å²) in [5.41, 5.74) is 0.334. The molecule has 0 spiro atoms. The molecular formula is C23H23BrClN3O5S. The summed E-state index contributed by atoms with van der Waals surface area (Å²) in [5.74, 6) is 1.89. The maximum atomic E-state index is 13.0. The second-order valence-corrected chi connectivity index (χ2v) is 10.7. The number of pyridine rings is 1. The molecular weight excluding hydrogens is 546 g/mol. The molecule has 0 aliphatic carbocycles. The van der Waals surface area contributed by atoms with Crippen molar-refractivity contribution in [3.05, 3.63) is 64.2 Å². The molecule has 1 N–H and O–H groups in total. The van der Waals surface area contributed by atoms with Crippen LogP contribution in [0.2, 0.25) is 5.02 Å². The van der Waals surface area contributed by atoms with Crippen LogP contribution in [0.25, 0.3) is 0 Å². The smallest absolute Gasteiger partial charge is 0.263 e. The minimum absolute atomic E-state index is 0.00718. The second kappa shape index (κ2) is 10.4. The van der Waals surface area contributed by atoms with E-state index in [1.807, 2.05) is 7.05 Å². The molecule has 1 aliphatic heterocycles. The minimum Gasteiger partial charge on any atom is -0.497 e. The Bertz CT molecular complexity index is 1270. The molecule has 0 bridgehead atoms. The van der Waals surface area contributed by atoms with Crippen LogP contribution in [-0.2, 0) is 10.0 Å². The van der Waals surface area contributed by atoms with Crippen LogP contribution in [0.1, 0.15) is 6.42 Å². The first-order valence-corrected chi connectivity index (χ1v) is 13.0. The molecule has 4 rings (SSSR count). The van der Waals surface area contributed by atoms with Gasteiger partial charge in [-0.1, -0.05) is 11.6 Å². The van der Waals surface area contributed by atoms with E-state index in [-0.39, 0.29) is 16.9 Å². The number of likely N-dealkylation sites (tertiary alicyclic amines) is 1. The molecule has 3 aromatic rings. The summed E-state index contributed by atoms with van der Waals surface area (Å²) >= 11 is 9.61. The molecule has 2 heterocycles. The van der Waals surface area contributed by atoms with Gasteiger partial charge >= 0.3 is 0 Å². The van der Waals surface area contributed by atoms with Crippen LogP contribution in [0.15, 0.2) is 64.1 Å². The topological polar surface area (TPSA) is 90.0 Å². The normalized spacial score (nSPS) is 16.3. The van der Waals surface area contributed by atoms with Gasteiger partial charge in [-0.05, 0) is 71.9 Å². The maximum absolute atomic E-state index is 13.0. The molecule has 1 atom stereocenters. The Morgan fingerprint density at radius 3 is 2.53 bits per heavy atom. The van der Waals surface area contributed by atoms with Gasteiger partial charge in [0, 0.05) is 19.2 Å². The molecule has 180 valence electrons. The number of hydrogen-bond acceptors (Lipinski definition) is 7. The summed E-state index contributed by atoms with van der Waals surface area (Å²) in [6, 6.07) is 13.1. The van der Waals surface area contributed by atoms with E-state index in [0.29, 0.717) is 32.4 Å². The highest BCUT2D eigenvalue weighted by Crippen LogP contribution is 2.33. The van der Waals surface area contributed by atoms with Gasteiger partial charge in [-0.2, -0.15) is 0 Å². The monoisotopic (exact) mass is 567 g/mol. The van der Waals surface area contributed by atoms with Crippen LogP contribution in [0.4, 0.5) is 5.69 Å². The summed E-state index contributed by atoms with van der Waals surface area (Å²) < 4.78 is 45.7. The van der Waals surface area contributed by atoms with Crippen molar-refractivity contribution in [2.45, 2.75) is 17.4 Å². The van der Waals surface area contributed by atoms with Crippen LogP contribution >= 0.6 is 27.5 Å². The van der Waals surface area contributed by atoms with Gasteiger partial charge in [-0.3, -0.25) is 4.72 Å². The predicted molar refractivity (Wildman–Crippen MR) is 134 cm³/mol. The zero-order valence-electron chi connectivity index (χ0n) is 18.5. The van der Waals surface area contributed by atoms with E-state index in [9.17, 15) is 8.42 Å². The van der Waals surface area contributed by atoms with Crippen molar-refractivity contribution in [2.75, 3.05) is 32.0 Å². The molecule has 0 radical (unpaired) electrons.